The van der Waals surface area contributed by atoms with Crippen molar-refractivity contribution < 1.29 is 9.84 Å². The number of aliphatic hydroxyl groups is 1. The Kier molecular flexibility index (Phi) is 3.10. The van der Waals surface area contributed by atoms with Gasteiger partial charge in [0, 0.05) is 17.7 Å². The van der Waals surface area contributed by atoms with E-state index in [1.165, 1.54) is 11.3 Å². The molecule has 17 heavy (non-hydrogen) atoms. The minimum absolute atomic E-state index is 0.278. The zero-order valence-electron chi connectivity index (χ0n) is 10.7. The molecule has 1 fully saturated rings. The Morgan fingerprint density at radius 2 is 2.00 bits per heavy atom. The van der Waals surface area contributed by atoms with Gasteiger partial charge in [-0.15, -0.1) is 11.3 Å². The Labute approximate surface area is 112 Å². The predicted octanol–water partition coefficient (Wildman–Crippen LogP) is 3.65. The predicted molar refractivity (Wildman–Crippen MR) is 71.8 cm³/mol. The third-order valence-corrected chi connectivity index (χ3v) is 4.70. The molecule has 2 heterocycles. The van der Waals surface area contributed by atoms with Gasteiger partial charge in [0.25, 0.3) is 0 Å². The van der Waals surface area contributed by atoms with Crippen LogP contribution in [0.15, 0.2) is 12.1 Å². The Morgan fingerprint density at radius 1 is 1.35 bits per heavy atom. The summed E-state index contributed by atoms with van der Waals surface area (Å²) in [5.74, 6) is 0. The molecule has 1 aliphatic rings. The van der Waals surface area contributed by atoms with Crippen molar-refractivity contribution in [2.75, 3.05) is 0 Å². The first kappa shape index (κ1) is 13.3. The van der Waals surface area contributed by atoms with Crippen molar-refractivity contribution in [3.05, 3.63) is 21.3 Å². The van der Waals surface area contributed by atoms with Crippen molar-refractivity contribution >= 4 is 22.9 Å². The number of hydrogen-bond donors (Lipinski definition) is 1. The average Bonchev–Trinajstić information content (AvgIpc) is 2.52. The second-order valence-corrected chi connectivity index (χ2v) is 7.76. The second kappa shape index (κ2) is 3.95. The van der Waals surface area contributed by atoms with Gasteiger partial charge in [0.1, 0.15) is 5.60 Å². The molecule has 1 atom stereocenters. The van der Waals surface area contributed by atoms with Crippen molar-refractivity contribution in [3.8, 4) is 0 Å². The summed E-state index contributed by atoms with van der Waals surface area (Å²) in [7, 11) is 0. The quantitative estimate of drug-likeness (QED) is 0.892. The molecule has 4 heteroatoms. The van der Waals surface area contributed by atoms with Gasteiger partial charge in [-0.2, -0.15) is 0 Å². The van der Waals surface area contributed by atoms with Crippen LogP contribution in [-0.4, -0.2) is 21.9 Å². The molecule has 0 saturated carbocycles. The summed E-state index contributed by atoms with van der Waals surface area (Å²) >= 11 is 7.45. The van der Waals surface area contributed by atoms with E-state index < -0.39 is 11.2 Å². The largest absolute Gasteiger partial charge is 0.386 e. The highest BCUT2D eigenvalue weighted by atomic mass is 35.5. The van der Waals surface area contributed by atoms with Gasteiger partial charge in [-0.25, -0.2) is 0 Å². The van der Waals surface area contributed by atoms with Crippen LogP contribution in [0, 0.1) is 0 Å². The van der Waals surface area contributed by atoms with Gasteiger partial charge in [0.2, 0.25) is 0 Å². The average molecular weight is 275 g/mol. The number of rotatable bonds is 2. The summed E-state index contributed by atoms with van der Waals surface area (Å²) in [6.07, 6.45) is 1.24. The highest BCUT2D eigenvalue weighted by Crippen LogP contribution is 2.47. The lowest BCUT2D eigenvalue weighted by Crippen LogP contribution is -2.47. The lowest BCUT2D eigenvalue weighted by atomic mass is 9.79. The van der Waals surface area contributed by atoms with E-state index in [-0.39, 0.29) is 5.60 Å². The first-order valence-electron chi connectivity index (χ1n) is 5.80. The van der Waals surface area contributed by atoms with Crippen LogP contribution in [-0.2, 0) is 11.2 Å². The second-order valence-electron chi connectivity index (χ2n) is 5.96. The molecule has 96 valence electrons. The fourth-order valence-electron chi connectivity index (χ4n) is 2.75. The van der Waals surface area contributed by atoms with E-state index in [2.05, 4.69) is 0 Å². The van der Waals surface area contributed by atoms with Crippen molar-refractivity contribution in [1.82, 2.24) is 0 Å². The molecule has 0 spiro atoms. The maximum Gasteiger partial charge on any atom is 0.101 e. The lowest BCUT2D eigenvalue weighted by molar-refractivity contribution is -0.125. The van der Waals surface area contributed by atoms with Crippen molar-refractivity contribution in [1.29, 1.82) is 0 Å². The van der Waals surface area contributed by atoms with Crippen molar-refractivity contribution in [3.63, 3.8) is 0 Å². The number of halogens is 1. The molecule has 1 unspecified atom stereocenters. The zero-order chi connectivity index (χ0) is 12.9. The molecule has 1 aromatic heterocycles. The monoisotopic (exact) mass is 274 g/mol. The minimum atomic E-state index is -0.829. The molecular formula is C13H19ClO2S. The fraction of sp³-hybridized carbons (Fsp3) is 0.692. The molecule has 0 radical (unpaired) electrons. The van der Waals surface area contributed by atoms with Gasteiger partial charge >= 0.3 is 0 Å². The maximum atomic E-state index is 10.9. The Hall–Kier alpha value is -0.0900. The maximum absolute atomic E-state index is 10.9. The van der Waals surface area contributed by atoms with Gasteiger partial charge in [-0.1, -0.05) is 11.6 Å². The summed E-state index contributed by atoms with van der Waals surface area (Å²) in [6.45, 7) is 7.95. The molecule has 0 amide bonds. The van der Waals surface area contributed by atoms with Crippen LogP contribution >= 0.6 is 22.9 Å². The van der Waals surface area contributed by atoms with Crippen LogP contribution in [0.3, 0.4) is 0 Å². The van der Waals surface area contributed by atoms with Gasteiger partial charge in [-0.3, -0.25) is 0 Å². The molecule has 1 saturated heterocycles. The molecular weight excluding hydrogens is 256 g/mol. The summed E-state index contributed by atoms with van der Waals surface area (Å²) in [6, 6.07) is 3.85. The number of thiophene rings is 1. The molecule has 0 aromatic carbocycles. The van der Waals surface area contributed by atoms with Gasteiger partial charge in [0.05, 0.1) is 15.5 Å². The number of ether oxygens (including phenoxy) is 1. The molecule has 0 aliphatic carbocycles. The first-order valence-corrected chi connectivity index (χ1v) is 7.00. The smallest absolute Gasteiger partial charge is 0.101 e. The third kappa shape index (κ3) is 2.53. The van der Waals surface area contributed by atoms with E-state index in [9.17, 15) is 5.11 Å². The first-order chi connectivity index (χ1) is 7.64. The van der Waals surface area contributed by atoms with Crippen LogP contribution in [0.25, 0.3) is 0 Å². The van der Waals surface area contributed by atoms with Gasteiger partial charge < -0.3 is 9.84 Å². The normalized spacial score (nSPS) is 30.7. The fourth-order valence-corrected chi connectivity index (χ4v) is 3.94. The summed E-state index contributed by atoms with van der Waals surface area (Å²) in [4.78, 5) is 1.10. The van der Waals surface area contributed by atoms with E-state index in [1.807, 2.05) is 39.8 Å². The third-order valence-electron chi connectivity index (χ3n) is 3.47. The Balaban J connectivity index is 2.24. The van der Waals surface area contributed by atoms with Crippen molar-refractivity contribution in [2.45, 2.75) is 57.3 Å². The van der Waals surface area contributed by atoms with Crippen LogP contribution < -0.4 is 0 Å². The van der Waals surface area contributed by atoms with Crippen molar-refractivity contribution in [2.24, 2.45) is 0 Å². The molecule has 1 aliphatic heterocycles. The van der Waals surface area contributed by atoms with E-state index in [1.54, 1.807) is 0 Å². The number of hydrogen-bond acceptors (Lipinski definition) is 3. The van der Waals surface area contributed by atoms with E-state index >= 15 is 0 Å². The molecule has 1 aromatic rings. The Bertz CT molecular complexity index is 425. The van der Waals surface area contributed by atoms with Crippen LogP contribution in [0.5, 0.6) is 0 Å². The topological polar surface area (TPSA) is 29.5 Å². The Morgan fingerprint density at radius 3 is 2.41 bits per heavy atom. The highest BCUT2D eigenvalue weighted by molar-refractivity contribution is 7.16. The van der Waals surface area contributed by atoms with E-state index in [4.69, 9.17) is 16.3 Å². The molecule has 2 rings (SSSR count). The molecule has 0 bridgehead atoms. The summed E-state index contributed by atoms with van der Waals surface area (Å²) in [5.41, 5.74) is -1.64. The molecule has 1 N–H and O–H groups in total. The van der Waals surface area contributed by atoms with Crippen LogP contribution in [0.2, 0.25) is 4.34 Å². The van der Waals surface area contributed by atoms with E-state index in [0.717, 1.165) is 9.21 Å². The van der Waals surface area contributed by atoms with Crippen LogP contribution in [0.1, 0.15) is 39.0 Å². The highest BCUT2D eigenvalue weighted by Gasteiger charge is 2.56. The standard InChI is InChI=1S/C13H19ClO2S/c1-11(2)8-13(15,12(3,4)16-11)7-9-5-6-10(14)17-9/h5-6,15H,7-8H2,1-4H3. The summed E-state index contributed by atoms with van der Waals surface area (Å²) in [5, 5.41) is 10.9. The van der Waals surface area contributed by atoms with Gasteiger partial charge in [0.15, 0.2) is 0 Å². The SMILES string of the molecule is CC1(C)CC(O)(Cc2ccc(Cl)s2)C(C)(C)O1. The minimum Gasteiger partial charge on any atom is -0.386 e. The van der Waals surface area contributed by atoms with Gasteiger partial charge in [-0.05, 0) is 39.8 Å². The zero-order valence-corrected chi connectivity index (χ0v) is 12.3. The molecule has 2 nitrogen and oxygen atoms in total. The van der Waals surface area contributed by atoms with E-state index in [0.29, 0.717) is 12.8 Å². The lowest BCUT2D eigenvalue weighted by Gasteiger charge is -2.34. The van der Waals surface area contributed by atoms with Crippen LogP contribution in [0.4, 0.5) is 0 Å². The summed E-state index contributed by atoms with van der Waals surface area (Å²) < 4.78 is 6.72.